The molecule has 0 bridgehead atoms. The molecule has 19 heavy (non-hydrogen) atoms. The Kier molecular flexibility index (Phi) is 4.03. The minimum Gasteiger partial charge on any atom is -0.335 e. The second-order valence-electron chi connectivity index (χ2n) is 5.80. The molecular formula is C16H21NO2. The summed E-state index contributed by atoms with van der Waals surface area (Å²) in [5.41, 5.74) is 1.11. The van der Waals surface area contributed by atoms with E-state index >= 15 is 0 Å². The van der Waals surface area contributed by atoms with Crippen molar-refractivity contribution in [2.75, 3.05) is 6.54 Å². The van der Waals surface area contributed by atoms with Gasteiger partial charge in [0.05, 0.1) is 6.04 Å². The maximum absolute atomic E-state index is 12.2. The summed E-state index contributed by atoms with van der Waals surface area (Å²) in [7, 11) is 0. The zero-order valence-electron chi connectivity index (χ0n) is 11.6. The van der Waals surface area contributed by atoms with Gasteiger partial charge in [-0.2, -0.15) is 0 Å². The number of amides is 1. The van der Waals surface area contributed by atoms with Gasteiger partial charge in [-0.15, -0.1) is 0 Å². The van der Waals surface area contributed by atoms with Crippen LogP contribution in [0, 0.1) is 5.41 Å². The number of benzene rings is 1. The third-order valence-electron chi connectivity index (χ3n) is 4.07. The fourth-order valence-electron chi connectivity index (χ4n) is 2.86. The van der Waals surface area contributed by atoms with Crippen molar-refractivity contribution in [1.82, 2.24) is 4.90 Å². The van der Waals surface area contributed by atoms with Gasteiger partial charge in [0.1, 0.15) is 6.29 Å². The van der Waals surface area contributed by atoms with Crippen LogP contribution < -0.4 is 0 Å². The van der Waals surface area contributed by atoms with Crippen molar-refractivity contribution in [3.05, 3.63) is 35.9 Å². The van der Waals surface area contributed by atoms with E-state index < -0.39 is 0 Å². The van der Waals surface area contributed by atoms with Crippen molar-refractivity contribution >= 4 is 12.2 Å². The third kappa shape index (κ3) is 3.03. The summed E-state index contributed by atoms with van der Waals surface area (Å²) in [6.07, 6.45) is 2.83. The first-order valence-electron chi connectivity index (χ1n) is 6.84. The second kappa shape index (κ2) is 5.55. The predicted molar refractivity (Wildman–Crippen MR) is 74.6 cm³/mol. The van der Waals surface area contributed by atoms with E-state index in [-0.39, 0.29) is 17.4 Å². The molecule has 0 N–H and O–H groups in total. The molecule has 1 aromatic rings. The molecule has 1 fully saturated rings. The summed E-state index contributed by atoms with van der Waals surface area (Å²) in [6.45, 7) is 4.92. The molecule has 0 aliphatic carbocycles. The van der Waals surface area contributed by atoms with Crippen LogP contribution >= 0.6 is 0 Å². The van der Waals surface area contributed by atoms with Crippen LogP contribution in [0.4, 0.5) is 0 Å². The SMILES string of the molecule is C[C@H](c1ccccc1)N1C[C@](C)(CCC=O)CC1=O. The van der Waals surface area contributed by atoms with Crippen LogP contribution in [0.2, 0.25) is 0 Å². The number of aldehydes is 1. The highest BCUT2D eigenvalue weighted by Gasteiger charge is 2.40. The Balaban J connectivity index is 2.10. The molecule has 1 amide bonds. The standard InChI is InChI=1S/C16H21NO2/c1-13(14-7-4-3-5-8-14)17-12-16(2,9-6-10-18)11-15(17)19/h3-5,7-8,10,13H,6,9,11-12H2,1-2H3/t13-,16-/m1/s1. The number of carbonyl (C=O) groups excluding carboxylic acids is 2. The first-order chi connectivity index (χ1) is 9.06. The van der Waals surface area contributed by atoms with E-state index in [1.54, 1.807) is 0 Å². The summed E-state index contributed by atoms with van der Waals surface area (Å²) < 4.78 is 0. The van der Waals surface area contributed by atoms with E-state index in [1.807, 2.05) is 23.1 Å². The zero-order chi connectivity index (χ0) is 13.9. The van der Waals surface area contributed by atoms with Crippen LogP contribution in [-0.4, -0.2) is 23.6 Å². The number of nitrogens with zero attached hydrogens (tertiary/aromatic N) is 1. The summed E-state index contributed by atoms with van der Waals surface area (Å²) >= 11 is 0. The summed E-state index contributed by atoms with van der Waals surface area (Å²) in [4.78, 5) is 24.7. The minimum atomic E-state index is -0.0545. The molecule has 0 radical (unpaired) electrons. The van der Waals surface area contributed by atoms with Crippen LogP contribution in [0.25, 0.3) is 0 Å². The lowest BCUT2D eigenvalue weighted by Gasteiger charge is -2.28. The van der Waals surface area contributed by atoms with Gasteiger partial charge < -0.3 is 9.69 Å². The van der Waals surface area contributed by atoms with E-state index in [1.165, 1.54) is 0 Å². The molecular weight excluding hydrogens is 238 g/mol. The fraction of sp³-hybridized carbons (Fsp3) is 0.500. The van der Waals surface area contributed by atoms with Crippen molar-refractivity contribution in [2.45, 2.75) is 39.2 Å². The third-order valence-corrected chi connectivity index (χ3v) is 4.07. The molecule has 2 rings (SSSR count). The van der Waals surface area contributed by atoms with Crippen molar-refractivity contribution in [1.29, 1.82) is 0 Å². The average molecular weight is 259 g/mol. The average Bonchev–Trinajstić information content (AvgIpc) is 2.72. The summed E-state index contributed by atoms with van der Waals surface area (Å²) in [5, 5.41) is 0. The maximum atomic E-state index is 12.2. The first-order valence-corrected chi connectivity index (χ1v) is 6.84. The van der Waals surface area contributed by atoms with Gasteiger partial charge >= 0.3 is 0 Å². The highest BCUT2D eigenvalue weighted by atomic mass is 16.2. The maximum Gasteiger partial charge on any atom is 0.223 e. The van der Waals surface area contributed by atoms with Gasteiger partial charge in [-0.3, -0.25) is 4.79 Å². The quantitative estimate of drug-likeness (QED) is 0.762. The molecule has 2 atom stereocenters. The molecule has 1 heterocycles. The number of hydrogen-bond donors (Lipinski definition) is 0. The lowest BCUT2D eigenvalue weighted by atomic mass is 9.85. The summed E-state index contributed by atoms with van der Waals surface area (Å²) in [5.74, 6) is 0.199. The Bertz CT molecular complexity index is 457. The molecule has 0 unspecified atom stereocenters. The number of likely N-dealkylation sites (tertiary alicyclic amines) is 1. The lowest BCUT2D eigenvalue weighted by molar-refractivity contribution is -0.129. The first kappa shape index (κ1) is 13.8. The van der Waals surface area contributed by atoms with E-state index in [9.17, 15) is 9.59 Å². The topological polar surface area (TPSA) is 37.4 Å². The Morgan fingerprint density at radius 3 is 2.68 bits per heavy atom. The second-order valence-corrected chi connectivity index (χ2v) is 5.80. The van der Waals surface area contributed by atoms with Crippen LogP contribution in [0.3, 0.4) is 0 Å². The lowest BCUT2D eigenvalue weighted by Crippen LogP contribution is -2.30. The molecule has 0 spiro atoms. The van der Waals surface area contributed by atoms with Crippen molar-refractivity contribution in [3.63, 3.8) is 0 Å². The van der Waals surface area contributed by atoms with Gasteiger partial charge in [-0.05, 0) is 24.3 Å². The Labute approximate surface area is 114 Å². The molecule has 102 valence electrons. The summed E-state index contributed by atoms with van der Waals surface area (Å²) in [6, 6.07) is 10.2. The molecule has 1 saturated heterocycles. The van der Waals surface area contributed by atoms with E-state index in [2.05, 4.69) is 26.0 Å². The predicted octanol–water partition coefficient (Wildman–Crippen LogP) is 2.97. The van der Waals surface area contributed by atoms with Gasteiger partial charge in [0.2, 0.25) is 5.91 Å². The normalized spacial score (nSPS) is 24.5. The largest absolute Gasteiger partial charge is 0.335 e. The number of hydrogen-bond acceptors (Lipinski definition) is 2. The Morgan fingerprint density at radius 1 is 1.37 bits per heavy atom. The molecule has 0 saturated carbocycles. The van der Waals surface area contributed by atoms with Crippen LogP contribution in [0.5, 0.6) is 0 Å². The highest BCUT2D eigenvalue weighted by Crippen LogP contribution is 2.39. The molecule has 1 aliphatic heterocycles. The van der Waals surface area contributed by atoms with Gasteiger partial charge in [-0.1, -0.05) is 37.3 Å². The molecule has 1 aromatic carbocycles. The molecule has 0 aromatic heterocycles. The smallest absolute Gasteiger partial charge is 0.223 e. The molecule has 1 aliphatic rings. The van der Waals surface area contributed by atoms with Crippen LogP contribution in [-0.2, 0) is 9.59 Å². The number of carbonyl (C=O) groups is 2. The van der Waals surface area contributed by atoms with Gasteiger partial charge in [0.25, 0.3) is 0 Å². The van der Waals surface area contributed by atoms with Crippen LogP contribution in [0.1, 0.15) is 44.7 Å². The van der Waals surface area contributed by atoms with E-state index in [0.717, 1.165) is 24.8 Å². The number of rotatable bonds is 5. The monoisotopic (exact) mass is 259 g/mol. The van der Waals surface area contributed by atoms with Crippen molar-refractivity contribution in [2.24, 2.45) is 5.41 Å². The zero-order valence-corrected chi connectivity index (χ0v) is 11.6. The van der Waals surface area contributed by atoms with Crippen molar-refractivity contribution < 1.29 is 9.59 Å². The van der Waals surface area contributed by atoms with E-state index in [0.29, 0.717) is 12.8 Å². The molecule has 3 nitrogen and oxygen atoms in total. The van der Waals surface area contributed by atoms with Gasteiger partial charge in [0, 0.05) is 19.4 Å². The molecule has 3 heteroatoms. The van der Waals surface area contributed by atoms with Gasteiger partial charge in [0.15, 0.2) is 0 Å². The highest BCUT2D eigenvalue weighted by molar-refractivity contribution is 5.80. The van der Waals surface area contributed by atoms with Crippen molar-refractivity contribution in [3.8, 4) is 0 Å². The minimum absolute atomic E-state index is 0.0545. The van der Waals surface area contributed by atoms with E-state index in [4.69, 9.17) is 0 Å². The Hall–Kier alpha value is -1.64. The Morgan fingerprint density at radius 2 is 2.05 bits per heavy atom. The van der Waals surface area contributed by atoms with Gasteiger partial charge in [-0.25, -0.2) is 0 Å². The van der Waals surface area contributed by atoms with Crippen LogP contribution in [0.15, 0.2) is 30.3 Å². The fourth-order valence-corrected chi connectivity index (χ4v) is 2.86.